The minimum Gasteiger partial charge on any atom is -0.494 e. The molecule has 7 heteroatoms. The molecule has 0 aliphatic heterocycles. The quantitative estimate of drug-likeness (QED) is 0.701. The van der Waals surface area contributed by atoms with Gasteiger partial charge in [0, 0.05) is 0 Å². The van der Waals surface area contributed by atoms with Crippen LogP contribution in [0.3, 0.4) is 0 Å². The minimum absolute atomic E-state index is 0.232. The number of para-hydroxylation sites is 1. The fourth-order valence-corrected chi connectivity index (χ4v) is 2.11. The standard InChI is InChI=1S/C20H21F2NO4/c1-13(2)10-11-26-15-8-6-14(7-9-15)20(25)27-12-18(24)23-19-16(21)4-3-5-17(19)22/h3-9,13H,10-12H2,1-2H3,(H,23,24). The van der Waals surface area contributed by atoms with Crippen LogP contribution in [0.15, 0.2) is 42.5 Å². The molecule has 0 saturated heterocycles. The Balaban J connectivity index is 1.83. The summed E-state index contributed by atoms with van der Waals surface area (Å²) in [5.74, 6) is -2.25. The molecule has 2 aromatic rings. The first-order chi connectivity index (χ1) is 12.9. The second-order valence-corrected chi connectivity index (χ2v) is 6.28. The molecule has 0 unspecified atom stereocenters. The number of ether oxygens (including phenoxy) is 2. The van der Waals surface area contributed by atoms with E-state index in [1.165, 1.54) is 18.2 Å². The van der Waals surface area contributed by atoms with Crippen molar-refractivity contribution in [2.45, 2.75) is 20.3 Å². The SMILES string of the molecule is CC(C)CCOc1ccc(C(=O)OCC(=O)Nc2c(F)cccc2F)cc1. The van der Waals surface area contributed by atoms with Crippen molar-refractivity contribution >= 4 is 17.6 Å². The molecule has 0 atom stereocenters. The summed E-state index contributed by atoms with van der Waals surface area (Å²) < 4.78 is 37.4. The summed E-state index contributed by atoms with van der Waals surface area (Å²) in [6.45, 7) is 4.10. The van der Waals surface area contributed by atoms with Gasteiger partial charge in [-0.2, -0.15) is 0 Å². The van der Waals surface area contributed by atoms with E-state index in [1.807, 2.05) is 5.32 Å². The van der Waals surface area contributed by atoms with Gasteiger partial charge in [-0.15, -0.1) is 0 Å². The van der Waals surface area contributed by atoms with Gasteiger partial charge in [0.05, 0.1) is 12.2 Å². The van der Waals surface area contributed by atoms with Gasteiger partial charge in [-0.3, -0.25) is 4.79 Å². The first kappa shape index (κ1) is 20.4. The molecule has 0 heterocycles. The van der Waals surface area contributed by atoms with Crippen molar-refractivity contribution in [2.24, 2.45) is 5.92 Å². The second-order valence-electron chi connectivity index (χ2n) is 6.28. The van der Waals surface area contributed by atoms with E-state index in [-0.39, 0.29) is 5.56 Å². The summed E-state index contributed by atoms with van der Waals surface area (Å²) in [4.78, 5) is 23.7. The van der Waals surface area contributed by atoms with Crippen LogP contribution in [0.5, 0.6) is 5.75 Å². The average Bonchev–Trinajstić information content (AvgIpc) is 2.63. The minimum atomic E-state index is -0.914. The van der Waals surface area contributed by atoms with E-state index in [2.05, 4.69) is 13.8 Å². The highest BCUT2D eigenvalue weighted by Gasteiger charge is 2.14. The fourth-order valence-electron chi connectivity index (χ4n) is 2.11. The number of benzene rings is 2. The Hall–Kier alpha value is -2.96. The van der Waals surface area contributed by atoms with Crippen LogP contribution >= 0.6 is 0 Å². The number of amides is 1. The molecule has 2 aromatic carbocycles. The van der Waals surface area contributed by atoms with Crippen LogP contribution in [-0.2, 0) is 9.53 Å². The van der Waals surface area contributed by atoms with Crippen molar-refractivity contribution in [3.8, 4) is 5.75 Å². The number of esters is 1. The fraction of sp³-hybridized carbons (Fsp3) is 0.300. The summed E-state index contributed by atoms with van der Waals surface area (Å²) >= 11 is 0. The molecule has 0 bridgehead atoms. The summed E-state index contributed by atoms with van der Waals surface area (Å²) in [5.41, 5.74) is -0.350. The number of hydrogen-bond donors (Lipinski definition) is 1. The molecule has 0 aromatic heterocycles. The van der Waals surface area contributed by atoms with Gasteiger partial charge < -0.3 is 14.8 Å². The number of rotatable bonds is 8. The zero-order chi connectivity index (χ0) is 19.8. The molecule has 0 aliphatic rings. The van der Waals surface area contributed by atoms with Gasteiger partial charge in [0.1, 0.15) is 23.1 Å². The molecular formula is C20H21F2NO4. The van der Waals surface area contributed by atoms with Crippen LogP contribution < -0.4 is 10.1 Å². The third kappa shape index (κ3) is 6.36. The maximum absolute atomic E-state index is 13.5. The Kier molecular flexibility index (Phi) is 7.28. The van der Waals surface area contributed by atoms with E-state index >= 15 is 0 Å². The van der Waals surface area contributed by atoms with Gasteiger partial charge in [-0.25, -0.2) is 13.6 Å². The lowest BCUT2D eigenvalue weighted by Gasteiger charge is -2.09. The van der Waals surface area contributed by atoms with E-state index in [9.17, 15) is 18.4 Å². The first-order valence-electron chi connectivity index (χ1n) is 8.50. The molecule has 1 amide bonds. The van der Waals surface area contributed by atoms with Crippen LogP contribution in [0.2, 0.25) is 0 Å². The highest BCUT2D eigenvalue weighted by molar-refractivity contribution is 5.95. The van der Waals surface area contributed by atoms with E-state index in [4.69, 9.17) is 9.47 Å². The second kappa shape index (κ2) is 9.66. The zero-order valence-corrected chi connectivity index (χ0v) is 15.1. The van der Waals surface area contributed by atoms with Gasteiger partial charge in [-0.05, 0) is 48.7 Å². The Morgan fingerprint density at radius 3 is 2.26 bits per heavy atom. The topological polar surface area (TPSA) is 64.6 Å². The predicted octanol–water partition coefficient (Wildman–Crippen LogP) is 4.19. The molecular weight excluding hydrogens is 356 g/mol. The highest BCUT2D eigenvalue weighted by atomic mass is 19.1. The third-order valence-electron chi connectivity index (χ3n) is 3.62. The molecule has 27 heavy (non-hydrogen) atoms. The van der Waals surface area contributed by atoms with Crippen LogP contribution in [-0.4, -0.2) is 25.1 Å². The van der Waals surface area contributed by atoms with Gasteiger partial charge in [0.2, 0.25) is 0 Å². The van der Waals surface area contributed by atoms with E-state index < -0.39 is 35.8 Å². The van der Waals surface area contributed by atoms with Gasteiger partial charge in [0.15, 0.2) is 6.61 Å². The van der Waals surface area contributed by atoms with Crippen LogP contribution in [0.4, 0.5) is 14.5 Å². The van der Waals surface area contributed by atoms with Crippen molar-refractivity contribution in [1.29, 1.82) is 0 Å². The molecule has 0 radical (unpaired) electrons. The van der Waals surface area contributed by atoms with Gasteiger partial charge in [0.25, 0.3) is 5.91 Å². The number of carbonyl (C=O) groups excluding carboxylic acids is 2. The molecule has 1 N–H and O–H groups in total. The molecule has 0 saturated carbocycles. The zero-order valence-electron chi connectivity index (χ0n) is 15.1. The molecule has 144 valence electrons. The predicted molar refractivity (Wildman–Crippen MR) is 96.7 cm³/mol. The number of hydrogen-bond acceptors (Lipinski definition) is 4. The Morgan fingerprint density at radius 1 is 1.04 bits per heavy atom. The van der Waals surface area contributed by atoms with Gasteiger partial charge in [-0.1, -0.05) is 19.9 Å². The number of halogens is 2. The Labute approximate surface area is 156 Å². The highest BCUT2D eigenvalue weighted by Crippen LogP contribution is 2.18. The largest absolute Gasteiger partial charge is 0.494 e. The van der Waals surface area contributed by atoms with Crippen molar-refractivity contribution < 1.29 is 27.8 Å². The Bertz CT molecular complexity index is 771. The lowest BCUT2D eigenvalue weighted by Crippen LogP contribution is -2.22. The molecule has 2 rings (SSSR count). The lowest BCUT2D eigenvalue weighted by atomic mass is 10.1. The molecule has 5 nitrogen and oxygen atoms in total. The van der Waals surface area contributed by atoms with Crippen molar-refractivity contribution in [3.05, 3.63) is 59.7 Å². The van der Waals surface area contributed by atoms with E-state index in [0.29, 0.717) is 18.3 Å². The summed E-state index contributed by atoms with van der Waals surface area (Å²) in [6.07, 6.45) is 0.918. The summed E-state index contributed by atoms with van der Waals surface area (Å²) in [7, 11) is 0. The van der Waals surface area contributed by atoms with Crippen LogP contribution in [0.25, 0.3) is 0 Å². The van der Waals surface area contributed by atoms with Crippen molar-refractivity contribution in [1.82, 2.24) is 0 Å². The van der Waals surface area contributed by atoms with E-state index in [1.54, 1.807) is 12.1 Å². The lowest BCUT2D eigenvalue weighted by molar-refractivity contribution is -0.119. The van der Waals surface area contributed by atoms with Gasteiger partial charge >= 0.3 is 5.97 Å². The normalized spacial score (nSPS) is 10.6. The monoisotopic (exact) mass is 377 g/mol. The number of carbonyl (C=O) groups is 2. The first-order valence-corrected chi connectivity index (χ1v) is 8.50. The molecule has 0 fully saturated rings. The van der Waals surface area contributed by atoms with E-state index in [0.717, 1.165) is 18.6 Å². The van der Waals surface area contributed by atoms with Crippen LogP contribution in [0.1, 0.15) is 30.6 Å². The van der Waals surface area contributed by atoms with Crippen molar-refractivity contribution in [2.75, 3.05) is 18.5 Å². The number of nitrogens with one attached hydrogen (secondary N) is 1. The number of anilines is 1. The molecule has 0 spiro atoms. The maximum Gasteiger partial charge on any atom is 0.338 e. The van der Waals surface area contributed by atoms with Crippen LogP contribution in [0, 0.1) is 17.6 Å². The smallest absolute Gasteiger partial charge is 0.338 e. The summed E-state index contributed by atoms with van der Waals surface area (Å²) in [5, 5.41) is 2.04. The Morgan fingerprint density at radius 2 is 1.67 bits per heavy atom. The van der Waals surface area contributed by atoms with Crippen molar-refractivity contribution in [3.63, 3.8) is 0 Å². The average molecular weight is 377 g/mol. The molecule has 0 aliphatic carbocycles. The maximum atomic E-state index is 13.5. The third-order valence-corrected chi connectivity index (χ3v) is 3.62. The summed E-state index contributed by atoms with van der Waals surface area (Å²) in [6, 6.07) is 9.49.